The van der Waals surface area contributed by atoms with Gasteiger partial charge in [-0.05, 0) is 34.5 Å². The quantitative estimate of drug-likeness (QED) is 0.658. The Morgan fingerprint density at radius 2 is 2.25 bits per heavy atom. The van der Waals surface area contributed by atoms with Crippen molar-refractivity contribution in [1.82, 2.24) is 0 Å². The van der Waals surface area contributed by atoms with Crippen molar-refractivity contribution in [3.63, 3.8) is 0 Å². The molecular weight excluding hydrogens is 216 g/mol. The topological polar surface area (TPSA) is 9.23 Å². The first-order valence-corrected chi connectivity index (χ1v) is 4.67. The van der Waals surface area contributed by atoms with Gasteiger partial charge in [0.15, 0.2) is 0 Å². The lowest BCUT2D eigenvalue weighted by Gasteiger charge is -2.14. The van der Waals surface area contributed by atoms with Crippen LogP contribution in [0.1, 0.15) is 11.1 Å². The molecule has 1 aromatic carbocycles. The first-order chi connectivity index (χ1) is 5.79. The summed E-state index contributed by atoms with van der Waals surface area (Å²) in [7, 11) is 0. The number of ether oxygens (including phenoxy) is 1. The lowest BCUT2D eigenvalue weighted by Crippen LogP contribution is -2.01. The first kappa shape index (κ1) is 7.87. The van der Waals surface area contributed by atoms with E-state index in [0.29, 0.717) is 6.61 Å². The van der Waals surface area contributed by atoms with Gasteiger partial charge in [0.1, 0.15) is 12.4 Å². The van der Waals surface area contributed by atoms with E-state index < -0.39 is 0 Å². The largest absolute Gasteiger partial charge is 0.488 e. The standard InChI is InChI=1S/C10H9BrO/c1-7-4-5-8-3-2-6-12-10(8)9(7)11/h2-5H,6H2,1H3. The predicted molar refractivity (Wildman–Crippen MR) is 53.4 cm³/mol. The van der Waals surface area contributed by atoms with Crippen LogP contribution in [0, 0.1) is 6.92 Å². The zero-order valence-electron chi connectivity index (χ0n) is 6.80. The number of halogens is 1. The van der Waals surface area contributed by atoms with Crippen molar-refractivity contribution in [3.05, 3.63) is 33.8 Å². The molecular formula is C10H9BrO. The summed E-state index contributed by atoms with van der Waals surface area (Å²) < 4.78 is 6.57. The molecule has 12 heavy (non-hydrogen) atoms. The van der Waals surface area contributed by atoms with Crippen LogP contribution in [0.3, 0.4) is 0 Å². The van der Waals surface area contributed by atoms with E-state index >= 15 is 0 Å². The molecule has 1 aromatic rings. The van der Waals surface area contributed by atoms with Crippen molar-refractivity contribution < 1.29 is 4.74 Å². The molecule has 0 amide bonds. The Balaban J connectivity index is 2.63. The first-order valence-electron chi connectivity index (χ1n) is 3.87. The average Bonchev–Trinajstić information content (AvgIpc) is 2.12. The Morgan fingerprint density at radius 3 is 3.08 bits per heavy atom. The Kier molecular flexibility index (Phi) is 1.93. The zero-order chi connectivity index (χ0) is 8.55. The van der Waals surface area contributed by atoms with Gasteiger partial charge in [0.25, 0.3) is 0 Å². The molecule has 0 spiro atoms. The molecule has 0 fully saturated rings. The number of hydrogen-bond donors (Lipinski definition) is 0. The zero-order valence-corrected chi connectivity index (χ0v) is 8.39. The van der Waals surface area contributed by atoms with Crippen LogP contribution >= 0.6 is 15.9 Å². The Hall–Kier alpha value is -0.760. The third-order valence-electron chi connectivity index (χ3n) is 1.94. The summed E-state index contributed by atoms with van der Waals surface area (Å²) in [6, 6.07) is 4.16. The number of fused-ring (bicyclic) bond motifs is 1. The minimum Gasteiger partial charge on any atom is -0.488 e. The average molecular weight is 225 g/mol. The van der Waals surface area contributed by atoms with Crippen LogP contribution in [0.25, 0.3) is 6.08 Å². The fourth-order valence-electron chi connectivity index (χ4n) is 1.25. The van der Waals surface area contributed by atoms with Crippen molar-refractivity contribution in [3.8, 4) is 5.75 Å². The maximum absolute atomic E-state index is 5.50. The van der Waals surface area contributed by atoms with Gasteiger partial charge in [-0.1, -0.05) is 18.2 Å². The molecule has 2 heteroatoms. The van der Waals surface area contributed by atoms with E-state index in [1.807, 2.05) is 6.08 Å². The Morgan fingerprint density at radius 1 is 1.42 bits per heavy atom. The van der Waals surface area contributed by atoms with Gasteiger partial charge in [0.2, 0.25) is 0 Å². The second-order valence-electron chi connectivity index (χ2n) is 2.83. The van der Waals surface area contributed by atoms with Crippen molar-refractivity contribution in [2.75, 3.05) is 6.61 Å². The predicted octanol–water partition coefficient (Wildman–Crippen LogP) is 3.16. The van der Waals surface area contributed by atoms with E-state index in [2.05, 4.69) is 41.1 Å². The van der Waals surface area contributed by atoms with Crippen molar-refractivity contribution >= 4 is 22.0 Å². The van der Waals surface area contributed by atoms with Crippen LogP contribution in [-0.4, -0.2) is 6.61 Å². The highest BCUT2D eigenvalue weighted by Crippen LogP contribution is 2.34. The number of rotatable bonds is 0. The maximum Gasteiger partial charge on any atom is 0.141 e. The summed E-state index contributed by atoms with van der Waals surface area (Å²) in [4.78, 5) is 0. The molecule has 1 nitrogen and oxygen atoms in total. The molecule has 0 aliphatic carbocycles. The van der Waals surface area contributed by atoms with E-state index in [0.717, 1.165) is 15.8 Å². The van der Waals surface area contributed by atoms with Crippen molar-refractivity contribution in [2.45, 2.75) is 6.92 Å². The maximum atomic E-state index is 5.50. The summed E-state index contributed by atoms with van der Waals surface area (Å²) in [5, 5.41) is 0. The van der Waals surface area contributed by atoms with E-state index in [9.17, 15) is 0 Å². The Labute approximate surface area is 80.2 Å². The van der Waals surface area contributed by atoms with Gasteiger partial charge in [-0.3, -0.25) is 0 Å². The highest BCUT2D eigenvalue weighted by molar-refractivity contribution is 9.10. The van der Waals surface area contributed by atoms with E-state index in [1.165, 1.54) is 5.56 Å². The molecule has 62 valence electrons. The fourth-order valence-corrected chi connectivity index (χ4v) is 1.73. The molecule has 0 saturated carbocycles. The summed E-state index contributed by atoms with van der Waals surface area (Å²) in [6.07, 6.45) is 4.10. The van der Waals surface area contributed by atoms with Gasteiger partial charge in [-0.25, -0.2) is 0 Å². The van der Waals surface area contributed by atoms with Crippen LogP contribution in [0.5, 0.6) is 5.75 Å². The number of aryl methyl sites for hydroxylation is 1. The number of benzene rings is 1. The third-order valence-corrected chi connectivity index (χ3v) is 2.93. The molecule has 0 unspecified atom stereocenters. The molecule has 1 aliphatic rings. The highest BCUT2D eigenvalue weighted by atomic mass is 79.9. The fraction of sp³-hybridized carbons (Fsp3) is 0.200. The van der Waals surface area contributed by atoms with Gasteiger partial charge in [0, 0.05) is 5.56 Å². The second kappa shape index (κ2) is 2.94. The summed E-state index contributed by atoms with van der Waals surface area (Å²) >= 11 is 3.51. The molecule has 1 heterocycles. The third kappa shape index (κ3) is 1.16. The van der Waals surface area contributed by atoms with E-state index in [4.69, 9.17) is 4.74 Å². The van der Waals surface area contributed by atoms with Crippen LogP contribution in [0.4, 0.5) is 0 Å². The lowest BCUT2D eigenvalue weighted by atomic mass is 10.1. The van der Waals surface area contributed by atoms with Gasteiger partial charge >= 0.3 is 0 Å². The van der Waals surface area contributed by atoms with E-state index in [-0.39, 0.29) is 0 Å². The van der Waals surface area contributed by atoms with Crippen LogP contribution < -0.4 is 4.74 Å². The SMILES string of the molecule is Cc1ccc2c(c1Br)OCC=C2. The summed E-state index contributed by atoms with van der Waals surface area (Å²) in [5.74, 6) is 0.970. The summed E-state index contributed by atoms with van der Waals surface area (Å²) in [6.45, 7) is 2.74. The minimum atomic E-state index is 0.676. The molecule has 0 saturated heterocycles. The van der Waals surface area contributed by atoms with Crippen molar-refractivity contribution in [1.29, 1.82) is 0 Å². The van der Waals surface area contributed by atoms with Gasteiger partial charge < -0.3 is 4.74 Å². The van der Waals surface area contributed by atoms with Crippen LogP contribution in [0.2, 0.25) is 0 Å². The Bertz CT molecular complexity index is 342. The lowest BCUT2D eigenvalue weighted by molar-refractivity contribution is 0.356. The highest BCUT2D eigenvalue weighted by Gasteiger charge is 2.10. The second-order valence-corrected chi connectivity index (χ2v) is 3.62. The molecule has 0 radical (unpaired) electrons. The molecule has 0 aromatic heterocycles. The molecule has 1 aliphatic heterocycles. The molecule has 2 rings (SSSR count). The van der Waals surface area contributed by atoms with Crippen molar-refractivity contribution in [2.24, 2.45) is 0 Å². The molecule has 0 atom stereocenters. The number of hydrogen-bond acceptors (Lipinski definition) is 1. The van der Waals surface area contributed by atoms with Gasteiger partial charge in [0.05, 0.1) is 4.47 Å². The van der Waals surface area contributed by atoms with E-state index in [1.54, 1.807) is 0 Å². The van der Waals surface area contributed by atoms with Gasteiger partial charge in [-0.15, -0.1) is 0 Å². The van der Waals surface area contributed by atoms with Crippen LogP contribution in [0.15, 0.2) is 22.7 Å². The monoisotopic (exact) mass is 224 g/mol. The smallest absolute Gasteiger partial charge is 0.141 e. The van der Waals surface area contributed by atoms with Gasteiger partial charge in [-0.2, -0.15) is 0 Å². The van der Waals surface area contributed by atoms with Crippen LogP contribution in [-0.2, 0) is 0 Å². The minimum absolute atomic E-state index is 0.676. The molecule has 0 N–H and O–H groups in total. The normalized spacial score (nSPS) is 13.8. The molecule has 0 bridgehead atoms. The summed E-state index contributed by atoms with van der Waals surface area (Å²) in [5.41, 5.74) is 2.36.